The molecular weight excluding hydrogens is 202 g/mol. The van der Waals surface area contributed by atoms with E-state index < -0.39 is 5.92 Å². The van der Waals surface area contributed by atoms with Gasteiger partial charge < -0.3 is 0 Å². The van der Waals surface area contributed by atoms with Crippen LogP contribution >= 0.6 is 12.6 Å². The Morgan fingerprint density at radius 1 is 1.36 bits per heavy atom. The van der Waals surface area contributed by atoms with Gasteiger partial charge in [0, 0.05) is 12.0 Å². The first-order valence-corrected chi connectivity index (χ1v) is 5.31. The second-order valence-electron chi connectivity index (χ2n) is 3.23. The lowest BCUT2D eigenvalue weighted by Gasteiger charge is -2.15. The molecule has 0 bridgehead atoms. The molecule has 14 heavy (non-hydrogen) atoms. The maximum absolute atomic E-state index is 13.3. The fourth-order valence-electron chi connectivity index (χ4n) is 1.29. The molecular formula is C11H14F2S. The summed E-state index contributed by atoms with van der Waals surface area (Å²) in [6.45, 7) is 1.49. The van der Waals surface area contributed by atoms with E-state index in [4.69, 9.17) is 0 Å². The van der Waals surface area contributed by atoms with Crippen molar-refractivity contribution in [3.05, 3.63) is 35.4 Å². The number of alkyl halides is 2. The third-order valence-electron chi connectivity index (χ3n) is 2.19. The van der Waals surface area contributed by atoms with E-state index in [0.717, 1.165) is 12.0 Å². The van der Waals surface area contributed by atoms with E-state index in [0.29, 0.717) is 5.75 Å². The van der Waals surface area contributed by atoms with Crippen molar-refractivity contribution in [2.45, 2.75) is 25.7 Å². The second-order valence-corrected chi connectivity index (χ2v) is 3.68. The lowest BCUT2D eigenvalue weighted by atomic mass is 10.0. The lowest BCUT2D eigenvalue weighted by Crippen LogP contribution is -2.11. The molecule has 3 heteroatoms. The molecule has 0 aliphatic carbocycles. The fraction of sp³-hybridized carbons (Fsp3) is 0.455. The normalized spacial score (nSPS) is 11.7. The SMILES string of the molecule is CCC(F)(F)c1cccc(CCS)c1. The van der Waals surface area contributed by atoms with Crippen LogP contribution in [0.1, 0.15) is 24.5 Å². The Morgan fingerprint density at radius 3 is 2.64 bits per heavy atom. The summed E-state index contributed by atoms with van der Waals surface area (Å²) in [5, 5.41) is 0. The van der Waals surface area contributed by atoms with E-state index in [1.165, 1.54) is 13.0 Å². The molecule has 0 spiro atoms. The smallest absolute Gasteiger partial charge is 0.201 e. The van der Waals surface area contributed by atoms with Crippen LogP contribution in [0.25, 0.3) is 0 Å². The third-order valence-corrected chi connectivity index (χ3v) is 2.42. The van der Waals surface area contributed by atoms with Crippen LogP contribution in [0.3, 0.4) is 0 Å². The van der Waals surface area contributed by atoms with Gasteiger partial charge >= 0.3 is 0 Å². The van der Waals surface area contributed by atoms with Gasteiger partial charge in [0.2, 0.25) is 0 Å². The Kier molecular flexibility index (Phi) is 3.93. The molecule has 0 radical (unpaired) electrons. The molecule has 0 nitrogen and oxygen atoms in total. The summed E-state index contributed by atoms with van der Waals surface area (Å²) in [5.74, 6) is -2.02. The maximum atomic E-state index is 13.3. The highest BCUT2D eigenvalue weighted by molar-refractivity contribution is 7.80. The van der Waals surface area contributed by atoms with Gasteiger partial charge in [0.05, 0.1) is 0 Å². The van der Waals surface area contributed by atoms with Crippen LogP contribution in [0.4, 0.5) is 8.78 Å². The molecule has 1 rings (SSSR count). The van der Waals surface area contributed by atoms with Gasteiger partial charge in [0.25, 0.3) is 5.92 Å². The van der Waals surface area contributed by atoms with Crippen molar-refractivity contribution in [1.82, 2.24) is 0 Å². The highest BCUT2D eigenvalue weighted by Crippen LogP contribution is 2.31. The largest absolute Gasteiger partial charge is 0.273 e. The molecule has 0 amide bonds. The van der Waals surface area contributed by atoms with Crippen molar-refractivity contribution >= 4 is 12.6 Å². The minimum Gasteiger partial charge on any atom is -0.201 e. The topological polar surface area (TPSA) is 0 Å². The lowest BCUT2D eigenvalue weighted by molar-refractivity contribution is -0.00834. The van der Waals surface area contributed by atoms with E-state index >= 15 is 0 Å². The van der Waals surface area contributed by atoms with Gasteiger partial charge in [-0.15, -0.1) is 0 Å². The van der Waals surface area contributed by atoms with E-state index in [2.05, 4.69) is 12.6 Å². The summed E-state index contributed by atoms with van der Waals surface area (Å²) >= 11 is 4.07. The number of hydrogen-bond acceptors (Lipinski definition) is 1. The Morgan fingerprint density at radius 2 is 2.07 bits per heavy atom. The van der Waals surface area contributed by atoms with Gasteiger partial charge in [-0.2, -0.15) is 12.6 Å². The van der Waals surface area contributed by atoms with Crippen molar-refractivity contribution in [2.24, 2.45) is 0 Å². The zero-order chi connectivity index (χ0) is 10.6. The third kappa shape index (κ3) is 2.71. The summed E-state index contributed by atoms with van der Waals surface area (Å²) in [4.78, 5) is 0. The zero-order valence-electron chi connectivity index (χ0n) is 8.13. The van der Waals surface area contributed by atoms with E-state index in [9.17, 15) is 8.78 Å². The predicted molar refractivity (Wildman–Crippen MR) is 58.2 cm³/mol. The summed E-state index contributed by atoms with van der Waals surface area (Å²) < 4.78 is 26.6. The Bertz CT molecular complexity index is 297. The van der Waals surface area contributed by atoms with Gasteiger partial charge in [-0.1, -0.05) is 25.1 Å². The first kappa shape index (κ1) is 11.5. The minimum atomic E-state index is -2.70. The van der Waals surface area contributed by atoms with Crippen LogP contribution in [0.15, 0.2) is 24.3 Å². The van der Waals surface area contributed by atoms with Crippen molar-refractivity contribution in [3.8, 4) is 0 Å². The van der Waals surface area contributed by atoms with Gasteiger partial charge in [0.1, 0.15) is 0 Å². The number of halogens is 2. The Balaban J connectivity index is 2.93. The first-order valence-electron chi connectivity index (χ1n) is 4.68. The quantitative estimate of drug-likeness (QED) is 0.729. The predicted octanol–water partition coefficient (Wildman–Crippen LogP) is 3.66. The standard InChI is InChI=1S/C11H14F2S/c1-2-11(12,13)10-5-3-4-9(8-10)6-7-14/h3-5,8,14H,2,6-7H2,1H3. The number of rotatable bonds is 4. The van der Waals surface area contributed by atoms with Gasteiger partial charge in [-0.05, 0) is 23.8 Å². The van der Waals surface area contributed by atoms with Crippen LogP contribution < -0.4 is 0 Å². The first-order chi connectivity index (χ1) is 6.60. The fourth-order valence-corrected chi connectivity index (χ4v) is 1.55. The Labute approximate surface area is 88.7 Å². The molecule has 0 unspecified atom stereocenters. The number of hydrogen-bond donors (Lipinski definition) is 1. The molecule has 0 heterocycles. The Hall–Kier alpha value is -0.570. The molecule has 0 aliphatic heterocycles. The molecule has 0 saturated carbocycles. The van der Waals surface area contributed by atoms with Crippen LogP contribution in [-0.4, -0.2) is 5.75 Å². The average molecular weight is 216 g/mol. The number of aryl methyl sites for hydroxylation is 1. The average Bonchev–Trinajstić information content (AvgIpc) is 2.19. The molecule has 0 saturated heterocycles. The highest BCUT2D eigenvalue weighted by atomic mass is 32.1. The van der Waals surface area contributed by atoms with Crippen molar-refractivity contribution in [1.29, 1.82) is 0 Å². The van der Waals surface area contributed by atoms with Gasteiger partial charge in [-0.25, -0.2) is 8.78 Å². The van der Waals surface area contributed by atoms with Crippen LogP contribution in [0.5, 0.6) is 0 Å². The summed E-state index contributed by atoms with van der Waals surface area (Å²) in [7, 11) is 0. The van der Waals surface area contributed by atoms with Crippen molar-refractivity contribution < 1.29 is 8.78 Å². The summed E-state index contributed by atoms with van der Waals surface area (Å²) in [5.41, 5.74) is 1.03. The maximum Gasteiger partial charge on any atom is 0.273 e. The van der Waals surface area contributed by atoms with Crippen LogP contribution in [-0.2, 0) is 12.3 Å². The minimum absolute atomic E-state index is 0.110. The van der Waals surface area contributed by atoms with E-state index in [-0.39, 0.29) is 12.0 Å². The van der Waals surface area contributed by atoms with Crippen molar-refractivity contribution in [2.75, 3.05) is 5.75 Å². The monoisotopic (exact) mass is 216 g/mol. The van der Waals surface area contributed by atoms with E-state index in [1.54, 1.807) is 12.1 Å². The highest BCUT2D eigenvalue weighted by Gasteiger charge is 2.28. The molecule has 78 valence electrons. The van der Waals surface area contributed by atoms with Crippen molar-refractivity contribution in [3.63, 3.8) is 0 Å². The van der Waals surface area contributed by atoms with E-state index in [1.807, 2.05) is 6.07 Å². The molecule has 0 aromatic heterocycles. The molecule has 0 aliphatic rings. The molecule has 1 aromatic rings. The number of thiol groups is 1. The van der Waals surface area contributed by atoms with Gasteiger partial charge in [-0.3, -0.25) is 0 Å². The molecule has 0 N–H and O–H groups in total. The van der Waals surface area contributed by atoms with Crippen LogP contribution in [0, 0.1) is 0 Å². The van der Waals surface area contributed by atoms with Crippen LogP contribution in [0.2, 0.25) is 0 Å². The zero-order valence-corrected chi connectivity index (χ0v) is 9.03. The molecule has 0 atom stereocenters. The molecule has 1 aromatic carbocycles. The number of benzene rings is 1. The second kappa shape index (κ2) is 4.78. The van der Waals surface area contributed by atoms with Gasteiger partial charge in [0.15, 0.2) is 0 Å². The summed E-state index contributed by atoms with van der Waals surface area (Å²) in [6, 6.07) is 6.58. The summed E-state index contributed by atoms with van der Waals surface area (Å²) in [6.07, 6.45) is 0.577. The molecule has 0 fully saturated rings.